The van der Waals surface area contributed by atoms with Crippen LogP contribution in [0.1, 0.15) is 2.85 Å². The molecule has 4 nitrogen and oxygen atoms in total. The third kappa shape index (κ3) is 77.3. The molecule has 0 unspecified atom stereocenters. The molecular weight excluding hydrogens is 194 g/mol. The fourth-order valence-corrected chi connectivity index (χ4v) is 0. The SMILES string of the molecule is O=P(O)(O)O.[Ca+2].[Co].[H-].[H-]. The van der Waals surface area contributed by atoms with Crippen molar-refractivity contribution < 1.29 is 38.9 Å². The molecule has 0 amide bonds. The van der Waals surface area contributed by atoms with Gasteiger partial charge in [0.25, 0.3) is 0 Å². The summed E-state index contributed by atoms with van der Waals surface area (Å²) in [4.78, 5) is 21.6. The van der Waals surface area contributed by atoms with Gasteiger partial charge in [-0.2, -0.15) is 0 Å². The van der Waals surface area contributed by atoms with E-state index in [0.29, 0.717) is 0 Å². The summed E-state index contributed by atoms with van der Waals surface area (Å²) >= 11 is 0. The summed E-state index contributed by atoms with van der Waals surface area (Å²) in [6, 6.07) is 0. The van der Waals surface area contributed by atoms with Gasteiger partial charge < -0.3 is 17.5 Å². The Hall–Kier alpha value is 1.88. The van der Waals surface area contributed by atoms with E-state index in [9.17, 15) is 0 Å². The summed E-state index contributed by atoms with van der Waals surface area (Å²) in [6.45, 7) is 0. The summed E-state index contributed by atoms with van der Waals surface area (Å²) in [6.07, 6.45) is 0. The zero-order valence-corrected chi connectivity index (χ0v) is 7.38. The zero-order valence-electron chi connectivity index (χ0n) is 5.24. The van der Waals surface area contributed by atoms with Crippen LogP contribution in [0.2, 0.25) is 0 Å². The molecule has 0 spiro atoms. The van der Waals surface area contributed by atoms with E-state index in [-0.39, 0.29) is 57.4 Å². The van der Waals surface area contributed by atoms with Crippen LogP contribution in [0.25, 0.3) is 0 Å². The van der Waals surface area contributed by atoms with Crippen molar-refractivity contribution in [1.82, 2.24) is 0 Å². The molecule has 0 atom stereocenters. The predicted molar refractivity (Wildman–Crippen MR) is 22.2 cm³/mol. The fourth-order valence-electron chi connectivity index (χ4n) is 0. The van der Waals surface area contributed by atoms with Crippen LogP contribution in [0.5, 0.6) is 0 Å². The van der Waals surface area contributed by atoms with E-state index in [1.807, 2.05) is 0 Å². The van der Waals surface area contributed by atoms with Crippen molar-refractivity contribution in [2.75, 3.05) is 0 Å². The third-order valence-corrected chi connectivity index (χ3v) is 0. The molecule has 0 aromatic rings. The Bertz CT molecular complexity index is 64.7. The maximum absolute atomic E-state index is 8.88. The van der Waals surface area contributed by atoms with Crippen LogP contribution < -0.4 is 0 Å². The Morgan fingerprint density at radius 3 is 1.29 bits per heavy atom. The summed E-state index contributed by atoms with van der Waals surface area (Å²) in [7, 11) is -4.64. The van der Waals surface area contributed by atoms with Crippen LogP contribution in [-0.2, 0) is 21.3 Å². The van der Waals surface area contributed by atoms with Gasteiger partial charge in [-0.05, 0) is 0 Å². The maximum Gasteiger partial charge on any atom is 2.00 e. The van der Waals surface area contributed by atoms with Gasteiger partial charge in [-0.1, -0.05) is 0 Å². The summed E-state index contributed by atoms with van der Waals surface area (Å²) < 4.78 is 8.88. The maximum atomic E-state index is 8.88. The molecule has 7 heavy (non-hydrogen) atoms. The molecule has 0 aromatic carbocycles. The Morgan fingerprint density at radius 2 is 1.29 bits per heavy atom. The summed E-state index contributed by atoms with van der Waals surface area (Å²) in [5, 5.41) is 0. The van der Waals surface area contributed by atoms with Gasteiger partial charge >= 0.3 is 45.6 Å². The van der Waals surface area contributed by atoms with Gasteiger partial charge in [0.1, 0.15) is 0 Å². The fraction of sp³-hybridized carbons (Fsp3) is 0. The van der Waals surface area contributed by atoms with E-state index >= 15 is 0 Å². The molecule has 0 aliphatic heterocycles. The van der Waals surface area contributed by atoms with E-state index in [2.05, 4.69) is 0 Å². The number of rotatable bonds is 0. The van der Waals surface area contributed by atoms with Crippen LogP contribution in [0.15, 0.2) is 0 Å². The minimum Gasteiger partial charge on any atom is -1.00 e. The summed E-state index contributed by atoms with van der Waals surface area (Å²) in [5.74, 6) is 0. The second kappa shape index (κ2) is 6.00. The van der Waals surface area contributed by atoms with Crippen molar-refractivity contribution in [1.29, 1.82) is 0 Å². The average molecular weight is 199 g/mol. The monoisotopic (exact) mass is 199 g/mol. The smallest absolute Gasteiger partial charge is 1.00 e. The molecule has 0 saturated carbocycles. The Kier molecular flexibility index (Phi) is 13.7. The molecule has 7 heteroatoms. The van der Waals surface area contributed by atoms with Crippen LogP contribution in [-0.4, -0.2) is 52.4 Å². The van der Waals surface area contributed by atoms with E-state index in [4.69, 9.17) is 19.2 Å². The van der Waals surface area contributed by atoms with Crippen molar-refractivity contribution in [2.45, 2.75) is 0 Å². The van der Waals surface area contributed by atoms with Crippen LogP contribution in [0.4, 0.5) is 0 Å². The molecule has 0 aliphatic carbocycles. The minimum absolute atomic E-state index is 0. The second-order valence-corrected chi connectivity index (χ2v) is 1.54. The Balaban J connectivity index is -0.0000000133. The predicted octanol–water partition coefficient (Wildman–Crippen LogP) is -1.09. The van der Waals surface area contributed by atoms with Gasteiger partial charge in [-0.25, -0.2) is 4.57 Å². The Labute approximate surface area is 83.7 Å². The van der Waals surface area contributed by atoms with Crippen LogP contribution in [0.3, 0.4) is 0 Å². The second-order valence-electron chi connectivity index (χ2n) is 0.513. The van der Waals surface area contributed by atoms with Gasteiger partial charge in [-0.15, -0.1) is 0 Å². The first-order valence-corrected chi connectivity index (χ1v) is 2.35. The van der Waals surface area contributed by atoms with Crippen molar-refractivity contribution in [3.8, 4) is 0 Å². The third-order valence-electron chi connectivity index (χ3n) is 0. The number of hydrogen-bond donors (Lipinski definition) is 3. The first-order chi connectivity index (χ1) is 2.00. The molecule has 0 aliphatic rings. The molecule has 0 bridgehead atoms. The van der Waals surface area contributed by atoms with E-state index < -0.39 is 7.82 Å². The van der Waals surface area contributed by atoms with Gasteiger partial charge in [0.15, 0.2) is 0 Å². The van der Waals surface area contributed by atoms with Crippen molar-refractivity contribution in [2.24, 2.45) is 0 Å². The molecule has 0 aromatic heterocycles. The minimum atomic E-state index is -4.64. The van der Waals surface area contributed by atoms with Crippen molar-refractivity contribution in [3.63, 3.8) is 0 Å². The van der Waals surface area contributed by atoms with E-state index in [1.54, 1.807) is 0 Å². The first-order valence-electron chi connectivity index (χ1n) is 0.783. The van der Waals surface area contributed by atoms with E-state index in [1.165, 1.54) is 0 Å². The molecule has 1 radical (unpaired) electrons. The van der Waals surface area contributed by atoms with Crippen LogP contribution >= 0.6 is 7.82 Å². The standard InChI is InChI=1S/Ca.Co.H3O4P.2H/c;;1-5(2,3)4;;/h;;(H3,1,2,3,4);;/q+2;;;2*-1. The van der Waals surface area contributed by atoms with Gasteiger partial charge in [0.05, 0.1) is 0 Å². The number of hydrogen-bond acceptors (Lipinski definition) is 1. The Morgan fingerprint density at radius 1 is 1.29 bits per heavy atom. The normalized spacial score (nSPS) is 8.43. The summed E-state index contributed by atoms with van der Waals surface area (Å²) in [5.41, 5.74) is 0. The van der Waals surface area contributed by atoms with E-state index in [0.717, 1.165) is 0 Å². The molecular formula is H5CaCoO4P. The molecule has 0 fully saturated rings. The largest absolute Gasteiger partial charge is 2.00 e. The molecule has 45 valence electrons. The van der Waals surface area contributed by atoms with Crippen LogP contribution in [0, 0.1) is 0 Å². The molecule has 0 rings (SSSR count). The average Bonchev–Trinajstić information content (AvgIpc) is 0.722. The molecule has 0 saturated heterocycles. The zero-order chi connectivity index (χ0) is 4.50. The van der Waals surface area contributed by atoms with Gasteiger partial charge in [-0.3, -0.25) is 0 Å². The van der Waals surface area contributed by atoms with Gasteiger partial charge in [0, 0.05) is 16.8 Å². The number of phosphoric acid groups is 1. The van der Waals surface area contributed by atoms with Crippen molar-refractivity contribution in [3.05, 3.63) is 0 Å². The van der Waals surface area contributed by atoms with Crippen molar-refractivity contribution >= 4 is 45.6 Å². The molecule has 0 heterocycles. The quantitative estimate of drug-likeness (QED) is 0.342. The topological polar surface area (TPSA) is 77.8 Å². The molecule has 3 N–H and O–H groups in total. The van der Waals surface area contributed by atoms with Gasteiger partial charge in [0.2, 0.25) is 0 Å². The first kappa shape index (κ1) is 15.9.